The van der Waals surface area contributed by atoms with Crippen molar-refractivity contribution < 1.29 is 4.79 Å². The Morgan fingerprint density at radius 1 is 1.50 bits per heavy atom. The van der Waals surface area contributed by atoms with Gasteiger partial charge in [-0.2, -0.15) is 10.4 Å². The fraction of sp³-hybridized carbons (Fsp3) is 0. The molecule has 0 saturated heterocycles. The Bertz CT molecular complexity index is 843. The molecule has 7 nitrogen and oxygen atoms in total. The standard InChI is InChI=1S/C12H8N6OS/c13-5-9-8(2-4-20-9)16-12(19)7-6-15-18-3-1-10(14)17-11(7)18/h1-4,6H,(H2,14,17)(H,16,19). The Hall–Kier alpha value is -2.92. The Morgan fingerprint density at radius 2 is 2.35 bits per heavy atom. The molecule has 3 N–H and O–H groups in total. The second-order valence-electron chi connectivity index (χ2n) is 3.91. The summed E-state index contributed by atoms with van der Waals surface area (Å²) in [6.07, 6.45) is 3.04. The number of nitrogens with zero attached hydrogens (tertiary/aromatic N) is 4. The van der Waals surface area contributed by atoms with Crippen LogP contribution >= 0.6 is 11.3 Å². The molecule has 8 heteroatoms. The van der Waals surface area contributed by atoms with Crippen molar-refractivity contribution >= 4 is 34.4 Å². The lowest BCUT2D eigenvalue weighted by Crippen LogP contribution is -2.12. The van der Waals surface area contributed by atoms with Crippen LogP contribution in [0.5, 0.6) is 0 Å². The minimum absolute atomic E-state index is 0.299. The molecule has 98 valence electrons. The largest absolute Gasteiger partial charge is 0.384 e. The highest BCUT2D eigenvalue weighted by molar-refractivity contribution is 7.11. The van der Waals surface area contributed by atoms with Crippen LogP contribution in [0.1, 0.15) is 15.2 Å². The smallest absolute Gasteiger partial charge is 0.261 e. The van der Waals surface area contributed by atoms with Crippen molar-refractivity contribution in [3.63, 3.8) is 0 Å². The van der Waals surface area contributed by atoms with Gasteiger partial charge in [-0.25, -0.2) is 9.50 Å². The lowest BCUT2D eigenvalue weighted by Gasteiger charge is -2.02. The summed E-state index contributed by atoms with van der Waals surface area (Å²) < 4.78 is 1.46. The van der Waals surface area contributed by atoms with Crippen LogP contribution in [0, 0.1) is 11.3 Å². The highest BCUT2D eigenvalue weighted by atomic mass is 32.1. The lowest BCUT2D eigenvalue weighted by atomic mass is 10.3. The third kappa shape index (κ3) is 1.96. The van der Waals surface area contributed by atoms with Crippen molar-refractivity contribution in [2.45, 2.75) is 0 Å². The van der Waals surface area contributed by atoms with E-state index >= 15 is 0 Å². The minimum atomic E-state index is -0.381. The van der Waals surface area contributed by atoms with Crippen molar-refractivity contribution in [1.82, 2.24) is 14.6 Å². The van der Waals surface area contributed by atoms with E-state index in [1.165, 1.54) is 22.0 Å². The van der Waals surface area contributed by atoms with E-state index in [1.807, 2.05) is 6.07 Å². The molecule has 3 rings (SSSR count). The van der Waals surface area contributed by atoms with Crippen molar-refractivity contribution in [3.05, 3.63) is 40.3 Å². The van der Waals surface area contributed by atoms with Crippen molar-refractivity contribution in [1.29, 1.82) is 5.26 Å². The number of nitriles is 1. The summed E-state index contributed by atoms with van der Waals surface area (Å²) in [6.45, 7) is 0. The quantitative estimate of drug-likeness (QED) is 0.741. The molecule has 0 atom stereocenters. The summed E-state index contributed by atoms with van der Waals surface area (Å²) in [7, 11) is 0. The van der Waals surface area contributed by atoms with E-state index in [-0.39, 0.29) is 5.91 Å². The summed E-state index contributed by atoms with van der Waals surface area (Å²) in [4.78, 5) is 16.7. The van der Waals surface area contributed by atoms with Gasteiger partial charge in [-0.3, -0.25) is 4.79 Å². The molecule has 0 unspecified atom stereocenters. The van der Waals surface area contributed by atoms with E-state index in [2.05, 4.69) is 15.4 Å². The number of hydrogen-bond donors (Lipinski definition) is 2. The number of nitrogens with two attached hydrogens (primary N) is 1. The maximum Gasteiger partial charge on any atom is 0.261 e. The number of nitrogen functional groups attached to an aromatic ring is 1. The molecule has 3 aromatic rings. The first kappa shape index (κ1) is 12.1. The first-order chi connectivity index (χ1) is 9.69. The first-order valence-electron chi connectivity index (χ1n) is 5.58. The molecule has 0 aliphatic heterocycles. The van der Waals surface area contributed by atoms with Gasteiger partial charge in [-0.1, -0.05) is 0 Å². The highest BCUT2D eigenvalue weighted by Gasteiger charge is 2.16. The average molecular weight is 284 g/mol. The number of nitrogens with one attached hydrogen (secondary N) is 1. The summed E-state index contributed by atoms with van der Waals surface area (Å²) in [5, 5.41) is 17.4. The fourth-order valence-corrected chi connectivity index (χ4v) is 2.37. The first-order valence-corrected chi connectivity index (χ1v) is 6.46. The van der Waals surface area contributed by atoms with Crippen LogP contribution in [0.25, 0.3) is 5.65 Å². The summed E-state index contributed by atoms with van der Waals surface area (Å²) in [5.74, 6) is -0.0757. The Kier molecular flexibility index (Phi) is 2.81. The van der Waals surface area contributed by atoms with Crippen LogP contribution in [0.4, 0.5) is 11.5 Å². The van der Waals surface area contributed by atoms with E-state index in [4.69, 9.17) is 11.0 Å². The van der Waals surface area contributed by atoms with Gasteiger partial charge in [0.05, 0.1) is 11.9 Å². The van der Waals surface area contributed by atoms with Gasteiger partial charge in [0.15, 0.2) is 5.65 Å². The van der Waals surface area contributed by atoms with E-state index in [1.54, 1.807) is 23.7 Å². The molecule has 0 saturated carbocycles. The van der Waals surface area contributed by atoms with Crippen LogP contribution < -0.4 is 11.1 Å². The molecule has 3 aromatic heterocycles. The number of thiophene rings is 1. The van der Waals surface area contributed by atoms with Crippen LogP contribution in [0.2, 0.25) is 0 Å². The van der Waals surface area contributed by atoms with E-state index < -0.39 is 0 Å². The second-order valence-corrected chi connectivity index (χ2v) is 4.82. The number of carbonyl (C=O) groups excluding carboxylic acids is 1. The second kappa shape index (κ2) is 4.64. The average Bonchev–Trinajstić information content (AvgIpc) is 3.04. The normalized spacial score (nSPS) is 10.3. The molecule has 0 aliphatic carbocycles. The van der Waals surface area contributed by atoms with E-state index in [0.29, 0.717) is 27.6 Å². The third-order valence-electron chi connectivity index (χ3n) is 2.65. The molecule has 20 heavy (non-hydrogen) atoms. The Morgan fingerprint density at radius 3 is 3.15 bits per heavy atom. The molecule has 0 bridgehead atoms. The predicted molar refractivity (Wildman–Crippen MR) is 74.4 cm³/mol. The summed E-state index contributed by atoms with van der Waals surface area (Å²) >= 11 is 1.26. The van der Waals surface area contributed by atoms with Gasteiger partial charge in [0.1, 0.15) is 22.3 Å². The maximum atomic E-state index is 12.2. The van der Waals surface area contributed by atoms with Crippen LogP contribution in [0.15, 0.2) is 29.9 Å². The number of hydrogen-bond acceptors (Lipinski definition) is 6. The maximum absolute atomic E-state index is 12.2. The summed E-state index contributed by atoms with van der Waals surface area (Å²) in [5.41, 5.74) is 6.76. The Labute approximate surface area is 117 Å². The van der Waals surface area contributed by atoms with Gasteiger partial charge in [-0.05, 0) is 17.5 Å². The van der Waals surface area contributed by atoms with Gasteiger partial charge >= 0.3 is 0 Å². The SMILES string of the molecule is N#Cc1sccc1NC(=O)c1cnn2ccc(N)nc12. The summed E-state index contributed by atoms with van der Waals surface area (Å²) in [6, 6.07) is 5.29. The number of amides is 1. The van der Waals surface area contributed by atoms with Crippen molar-refractivity contribution in [3.8, 4) is 6.07 Å². The lowest BCUT2D eigenvalue weighted by molar-refractivity contribution is 0.102. The molecule has 0 aromatic carbocycles. The van der Waals surface area contributed by atoms with Gasteiger partial charge in [0.25, 0.3) is 5.91 Å². The number of anilines is 2. The molecular weight excluding hydrogens is 276 g/mol. The van der Waals surface area contributed by atoms with E-state index in [9.17, 15) is 4.79 Å². The third-order valence-corrected chi connectivity index (χ3v) is 3.47. The van der Waals surface area contributed by atoms with Crippen LogP contribution in [-0.4, -0.2) is 20.5 Å². The molecule has 0 radical (unpaired) electrons. The van der Waals surface area contributed by atoms with Gasteiger partial charge in [0.2, 0.25) is 0 Å². The zero-order valence-electron chi connectivity index (χ0n) is 10.1. The number of aromatic nitrogens is 3. The highest BCUT2D eigenvalue weighted by Crippen LogP contribution is 2.22. The number of rotatable bonds is 2. The number of carbonyl (C=O) groups is 1. The monoisotopic (exact) mass is 284 g/mol. The van der Waals surface area contributed by atoms with Gasteiger partial charge in [-0.15, -0.1) is 11.3 Å². The van der Waals surface area contributed by atoms with E-state index in [0.717, 1.165) is 0 Å². The minimum Gasteiger partial charge on any atom is -0.384 e. The zero-order chi connectivity index (χ0) is 14.1. The van der Waals surface area contributed by atoms with Crippen molar-refractivity contribution in [2.75, 3.05) is 11.1 Å². The van der Waals surface area contributed by atoms with Crippen LogP contribution in [-0.2, 0) is 0 Å². The molecule has 3 heterocycles. The molecule has 0 aliphatic rings. The fourth-order valence-electron chi connectivity index (χ4n) is 1.73. The molecule has 1 amide bonds. The van der Waals surface area contributed by atoms with Gasteiger partial charge < -0.3 is 11.1 Å². The van der Waals surface area contributed by atoms with Gasteiger partial charge in [0, 0.05) is 6.20 Å². The van der Waals surface area contributed by atoms with Crippen molar-refractivity contribution in [2.24, 2.45) is 0 Å². The molecule has 0 spiro atoms. The zero-order valence-corrected chi connectivity index (χ0v) is 10.9. The Balaban J connectivity index is 1.97. The number of fused-ring (bicyclic) bond motifs is 1. The molecular formula is C12H8N6OS. The predicted octanol–water partition coefficient (Wildman–Crippen LogP) is 1.50. The van der Waals surface area contributed by atoms with Crippen LogP contribution in [0.3, 0.4) is 0 Å². The topological polar surface area (TPSA) is 109 Å². The molecule has 0 fully saturated rings.